The van der Waals surface area contributed by atoms with Crippen molar-refractivity contribution in [3.05, 3.63) is 52.6 Å². The first-order valence-electron chi connectivity index (χ1n) is 8.59. The van der Waals surface area contributed by atoms with Crippen LogP contribution >= 0.6 is 11.3 Å². The Morgan fingerprint density at radius 2 is 2.12 bits per heavy atom. The van der Waals surface area contributed by atoms with E-state index in [2.05, 4.69) is 9.97 Å². The van der Waals surface area contributed by atoms with Crippen LogP contribution in [0.5, 0.6) is 0 Å². The van der Waals surface area contributed by atoms with Gasteiger partial charge in [-0.1, -0.05) is 30.3 Å². The molecule has 0 radical (unpaired) electrons. The van der Waals surface area contributed by atoms with Gasteiger partial charge in [0.05, 0.1) is 11.9 Å². The molecule has 2 aromatic heterocycles. The Hall–Kier alpha value is -2.51. The summed E-state index contributed by atoms with van der Waals surface area (Å²) in [5.74, 6) is -0.341. The van der Waals surface area contributed by atoms with Gasteiger partial charge in [0.1, 0.15) is 16.7 Å². The first-order valence-corrected chi connectivity index (χ1v) is 9.41. The molecule has 0 spiro atoms. The van der Waals surface area contributed by atoms with Crippen LogP contribution in [0.25, 0.3) is 20.7 Å². The minimum absolute atomic E-state index is 0.179. The summed E-state index contributed by atoms with van der Waals surface area (Å²) in [6.07, 6.45) is 1.97. The number of nitrogens with one attached hydrogen (secondary N) is 1. The Labute approximate surface area is 154 Å². The molecule has 1 aliphatic carbocycles. The monoisotopic (exact) mass is 369 g/mol. The lowest BCUT2D eigenvalue weighted by Crippen LogP contribution is -2.40. The van der Waals surface area contributed by atoms with E-state index in [4.69, 9.17) is 0 Å². The molecule has 0 aliphatic heterocycles. The van der Waals surface area contributed by atoms with Crippen LogP contribution in [0.1, 0.15) is 25.6 Å². The molecule has 26 heavy (non-hydrogen) atoms. The van der Waals surface area contributed by atoms with Crippen molar-refractivity contribution >= 4 is 27.5 Å². The van der Waals surface area contributed by atoms with Gasteiger partial charge in [-0.05, 0) is 31.4 Å². The first-order chi connectivity index (χ1) is 12.5. The molecule has 1 fully saturated rings. The minimum Gasteiger partial charge on any atom is -0.480 e. The number of nitrogens with zero attached hydrogens (tertiary/aromatic N) is 2. The zero-order valence-corrected chi connectivity index (χ0v) is 15.1. The SMILES string of the molecule is CC(C(=O)O)N(Cc1nc2sc(-c3ccccc3)cc2c(=O)[nH]1)C1CC1. The molecule has 1 aliphatic rings. The third-order valence-corrected chi connectivity index (χ3v) is 5.79. The van der Waals surface area contributed by atoms with E-state index in [0.717, 1.165) is 23.3 Å². The lowest BCUT2D eigenvalue weighted by Gasteiger charge is -2.25. The molecule has 1 saturated carbocycles. The van der Waals surface area contributed by atoms with Gasteiger partial charge in [-0.15, -0.1) is 11.3 Å². The van der Waals surface area contributed by atoms with Gasteiger partial charge < -0.3 is 10.1 Å². The third-order valence-electron chi connectivity index (χ3n) is 4.71. The van der Waals surface area contributed by atoms with E-state index in [1.54, 1.807) is 6.92 Å². The van der Waals surface area contributed by atoms with Crippen molar-refractivity contribution in [1.82, 2.24) is 14.9 Å². The average Bonchev–Trinajstić information content (AvgIpc) is 3.38. The number of carboxylic acids is 1. The maximum Gasteiger partial charge on any atom is 0.320 e. The highest BCUT2D eigenvalue weighted by Crippen LogP contribution is 2.32. The smallest absolute Gasteiger partial charge is 0.320 e. The van der Waals surface area contributed by atoms with E-state index in [1.165, 1.54) is 11.3 Å². The Morgan fingerprint density at radius 3 is 2.77 bits per heavy atom. The summed E-state index contributed by atoms with van der Waals surface area (Å²) in [5.41, 5.74) is 0.873. The van der Waals surface area contributed by atoms with E-state index in [1.807, 2.05) is 41.3 Å². The predicted octanol–water partition coefficient (Wildman–Crippen LogP) is 3.09. The van der Waals surface area contributed by atoms with Crippen LogP contribution in [-0.4, -0.2) is 38.0 Å². The van der Waals surface area contributed by atoms with E-state index < -0.39 is 12.0 Å². The molecule has 1 unspecified atom stereocenters. The zero-order valence-electron chi connectivity index (χ0n) is 14.3. The summed E-state index contributed by atoms with van der Waals surface area (Å²) in [4.78, 5) is 34.9. The highest BCUT2D eigenvalue weighted by Gasteiger charge is 2.35. The van der Waals surface area contributed by atoms with Crippen molar-refractivity contribution < 1.29 is 9.90 Å². The van der Waals surface area contributed by atoms with Crippen LogP contribution in [0.2, 0.25) is 0 Å². The molecule has 3 aromatic rings. The molecular weight excluding hydrogens is 350 g/mol. The second kappa shape index (κ2) is 6.66. The van der Waals surface area contributed by atoms with Gasteiger partial charge in [0.15, 0.2) is 0 Å². The highest BCUT2D eigenvalue weighted by molar-refractivity contribution is 7.21. The van der Waals surface area contributed by atoms with Crippen molar-refractivity contribution in [2.45, 2.75) is 38.4 Å². The molecular formula is C19H19N3O3S. The second-order valence-corrected chi connectivity index (χ2v) is 7.66. The maximum absolute atomic E-state index is 12.5. The molecule has 6 nitrogen and oxygen atoms in total. The van der Waals surface area contributed by atoms with Crippen LogP contribution in [0.15, 0.2) is 41.2 Å². The van der Waals surface area contributed by atoms with Crippen molar-refractivity contribution in [2.24, 2.45) is 0 Å². The van der Waals surface area contributed by atoms with Gasteiger partial charge in [-0.25, -0.2) is 4.98 Å². The summed E-state index contributed by atoms with van der Waals surface area (Å²) in [7, 11) is 0. The standard InChI is InChI=1S/C19H19N3O3S/c1-11(19(24)25)22(13-7-8-13)10-16-20-17(23)14-9-15(26-18(14)21-16)12-5-3-2-4-6-12/h2-6,9,11,13H,7-8,10H2,1H3,(H,24,25)(H,20,21,23). The van der Waals surface area contributed by atoms with Crippen LogP contribution in [-0.2, 0) is 11.3 Å². The van der Waals surface area contributed by atoms with Gasteiger partial charge >= 0.3 is 5.97 Å². The number of hydrogen-bond donors (Lipinski definition) is 2. The van der Waals surface area contributed by atoms with E-state index in [0.29, 0.717) is 22.6 Å². The Bertz CT molecular complexity index is 1010. The number of H-pyrrole nitrogens is 1. The van der Waals surface area contributed by atoms with Gasteiger partial charge in [-0.3, -0.25) is 14.5 Å². The molecule has 0 bridgehead atoms. The number of aromatic nitrogens is 2. The number of aliphatic carboxylic acids is 1. The number of rotatable bonds is 6. The molecule has 0 saturated heterocycles. The quantitative estimate of drug-likeness (QED) is 0.697. The number of carboxylic acid groups (broad SMARTS) is 1. The van der Waals surface area contributed by atoms with Gasteiger partial charge in [0.25, 0.3) is 5.56 Å². The Kier molecular flexibility index (Phi) is 4.34. The lowest BCUT2D eigenvalue weighted by molar-refractivity contribution is -0.143. The highest BCUT2D eigenvalue weighted by atomic mass is 32.1. The van der Waals surface area contributed by atoms with E-state index in [9.17, 15) is 14.7 Å². The Morgan fingerprint density at radius 1 is 1.38 bits per heavy atom. The largest absolute Gasteiger partial charge is 0.480 e. The molecule has 1 aromatic carbocycles. The fraction of sp³-hybridized carbons (Fsp3) is 0.316. The van der Waals surface area contributed by atoms with E-state index >= 15 is 0 Å². The van der Waals surface area contributed by atoms with Crippen molar-refractivity contribution in [1.29, 1.82) is 0 Å². The van der Waals surface area contributed by atoms with Crippen LogP contribution < -0.4 is 5.56 Å². The molecule has 2 heterocycles. The second-order valence-electron chi connectivity index (χ2n) is 6.63. The number of fused-ring (bicyclic) bond motifs is 1. The van der Waals surface area contributed by atoms with Crippen molar-refractivity contribution in [3.63, 3.8) is 0 Å². The Balaban J connectivity index is 1.68. The summed E-state index contributed by atoms with van der Waals surface area (Å²) in [6, 6.07) is 11.4. The third kappa shape index (κ3) is 3.27. The first kappa shape index (κ1) is 16.9. The molecule has 1 atom stereocenters. The number of aromatic amines is 1. The van der Waals surface area contributed by atoms with E-state index in [-0.39, 0.29) is 11.6 Å². The fourth-order valence-electron chi connectivity index (χ4n) is 3.10. The zero-order chi connectivity index (χ0) is 18.3. The topological polar surface area (TPSA) is 86.3 Å². The fourth-order valence-corrected chi connectivity index (χ4v) is 4.16. The molecule has 0 amide bonds. The predicted molar refractivity (Wildman–Crippen MR) is 101 cm³/mol. The molecule has 7 heteroatoms. The van der Waals surface area contributed by atoms with Gasteiger partial charge in [0.2, 0.25) is 0 Å². The lowest BCUT2D eigenvalue weighted by atomic mass is 10.2. The number of carbonyl (C=O) groups is 1. The van der Waals surface area contributed by atoms with Crippen LogP contribution in [0, 0.1) is 0 Å². The summed E-state index contributed by atoms with van der Waals surface area (Å²) in [5, 5.41) is 9.90. The number of benzene rings is 1. The molecule has 134 valence electrons. The van der Waals surface area contributed by atoms with Gasteiger partial charge in [-0.2, -0.15) is 0 Å². The summed E-state index contributed by atoms with van der Waals surface area (Å²) in [6.45, 7) is 2.01. The minimum atomic E-state index is -0.859. The maximum atomic E-state index is 12.5. The molecule has 2 N–H and O–H groups in total. The van der Waals surface area contributed by atoms with Crippen molar-refractivity contribution in [3.8, 4) is 10.4 Å². The average molecular weight is 369 g/mol. The number of thiophene rings is 1. The van der Waals surface area contributed by atoms with Crippen molar-refractivity contribution in [2.75, 3.05) is 0 Å². The number of hydrogen-bond acceptors (Lipinski definition) is 5. The summed E-state index contributed by atoms with van der Waals surface area (Å²) >= 11 is 1.48. The molecule has 4 rings (SSSR count). The van der Waals surface area contributed by atoms with Crippen LogP contribution in [0.4, 0.5) is 0 Å². The van der Waals surface area contributed by atoms with Crippen LogP contribution in [0.3, 0.4) is 0 Å². The van der Waals surface area contributed by atoms with Gasteiger partial charge in [0, 0.05) is 10.9 Å². The summed E-state index contributed by atoms with van der Waals surface area (Å²) < 4.78 is 0. The normalized spacial score (nSPS) is 15.5.